The average molecular weight is 248 g/mol. The summed E-state index contributed by atoms with van der Waals surface area (Å²) in [5.74, 6) is 0. The Bertz CT molecular complexity index is 296. The third-order valence-corrected chi connectivity index (χ3v) is 2.02. The number of ether oxygens (including phenoxy) is 2. The monoisotopic (exact) mass is 248 g/mol. The maximum absolute atomic E-state index is 9.81. The lowest BCUT2D eigenvalue weighted by atomic mass is 10.2. The van der Waals surface area contributed by atoms with Gasteiger partial charge in [0, 0.05) is 11.8 Å². The molecule has 90 valence electrons. The minimum atomic E-state index is -1.30. The summed E-state index contributed by atoms with van der Waals surface area (Å²) in [6, 6.07) is 0. The van der Waals surface area contributed by atoms with Crippen molar-refractivity contribution in [2.24, 2.45) is 0 Å². The summed E-state index contributed by atoms with van der Waals surface area (Å²) in [5.41, 5.74) is 0.194. The van der Waals surface area contributed by atoms with E-state index in [1.165, 1.54) is 6.20 Å². The fourth-order valence-corrected chi connectivity index (χ4v) is 1.21. The molecule has 16 heavy (non-hydrogen) atoms. The molecule has 0 bridgehead atoms. The molecule has 0 radical (unpaired) electrons. The second-order valence-electron chi connectivity index (χ2n) is 2.85. The first-order chi connectivity index (χ1) is 7.65. The summed E-state index contributed by atoms with van der Waals surface area (Å²) in [7, 11) is 0. The molecule has 0 aromatic carbocycles. The molecule has 8 heteroatoms. The van der Waals surface area contributed by atoms with Gasteiger partial charge in [-0.25, -0.2) is 0 Å². The Morgan fingerprint density at radius 2 is 2.38 bits per heavy atom. The zero-order valence-corrected chi connectivity index (χ0v) is 9.07. The molecule has 0 aromatic heterocycles. The Balaban J connectivity index is 2.38. The van der Waals surface area contributed by atoms with Crippen LogP contribution in [0.2, 0.25) is 0 Å². The van der Waals surface area contributed by atoms with Crippen LogP contribution in [0.5, 0.6) is 0 Å². The molecule has 1 heterocycles. The number of nitrogens with one attached hydrogen (secondary N) is 2. The summed E-state index contributed by atoms with van der Waals surface area (Å²) >= 11 is 4.74. The number of carbonyl (C=O) groups is 1. The standard InChI is InChI=1S/C8H12N2O5S/c11-4-14-1-2-15-7(13)5-3-9-8(16)10-6(5)12/h3-4,6-7,12-13H,1-2H2,(H2,9,10,16). The van der Waals surface area contributed by atoms with E-state index in [2.05, 4.69) is 15.4 Å². The van der Waals surface area contributed by atoms with Gasteiger partial charge in [-0.3, -0.25) is 4.79 Å². The predicted molar refractivity (Wildman–Crippen MR) is 56.9 cm³/mol. The van der Waals surface area contributed by atoms with Crippen molar-refractivity contribution in [2.45, 2.75) is 12.5 Å². The Morgan fingerprint density at radius 3 is 3.00 bits per heavy atom. The van der Waals surface area contributed by atoms with Crippen molar-refractivity contribution in [3.63, 3.8) is 0 Å². The molecule has 0 aliphatic carbocycles. The molecule has 1 aliphatic rings. The molecule has 1 rings (SSSR count). The predicted octanol–water partition coefficient (Wildman–Crippen LogP) is -1.83. The summed E-state index contributed by atoms with van der Waals surface area (Å²) in [6.45, 7) is 0.337. The topological polar surface area (TPSA) is 100 Å². The average Bonchev–Trinajstić information content (AvgIpc) is 2.24. The minimum Gasteiger partial charge on any atom is -0.465 e. The summed E-state index contributed by atoms with van der Waals surface area (Å²) in [5, 5.41) is 24.4. The number of aliphatic hydroxyl groups is 2. The van der Waals surface area contributed by atoms with Crippen LogP contribution in [0.3, 0.4) is 0 Å². The van der Waals surface area contributed by atoms with Gasteiger partial charge in [0.25, 0.3) is 6.47 Å². The summed E-state index contributed by atoms with van der Waals surface area (Å²) in [4.78, 5) is 9.81. The molecule has 1 aliphatic heterocycles. The zero-order chi connectivity index (χ0) is 12.0. The Kier molecular flexibility index (Phi) is 5.12. The van der Waals surface area contributed by atoms with Crippen molar-refractivity contribution < 1.29 is 24.5 Å². The number of aliphatic hydroxyl groups excluding tert-OH is 2. The van der Waals surface area contributed by atoms with E-state index in [0.717, 1.165) is 0 Å². The first-order valence-electron chi connectivity index (χ1n) is 4.45. The van der Waals surface area contributed by atoms with Gasteiger partial charge in [-0.2, -0.15) is 0 Å². The van der Waals surface area contributed by atoms with Gasteiger partial charge in [0.2, 0.25) is 0 Å². The fourth-order valence-electron chi connectivity index (χ4n) is 1.04. The molecule has 0 amide bonds. The van der Waals surface area contributed by atoms with Crippen molar-refractivity contribution in [1.29, 1.82) is 0 Å². The van der Waals surface area contributed by atoms with Gasteiger partial charge in [-0.15, -0.1) is 0 Å². The number of thiocarbonyl (C=S) groups is 1. The van der Waals surface area contributed by atoms with Gasteiger partial charge in [0.1, 0.15) is 6.61 Å². The van der Waals surface area contributed by atoms with Crippen LogP contribution in [0.1, 0.15) is 0 Å². The lowest BCUT2D eigenvalue weighted by molar-refractivity contribution is -0.135. The van der Waals surface area contributed by atoms with E-state index in [9.17, 15) is 15.0 Å². The maximum Gasteiger partial charge on any atom is 0.293 e. The van der Waals surface area contributed by atoms with Gasteiger partial charge in [-0.05, 0) is 12.2 Å². The number of hydrogen-bond acceptors (Lipinski definition) is 6. The van der Waals surface area contributed by atoms with Crippen molar-refractivity contribution in [3.8, 4) is 0 Å². The number of hydrogen-bond donors (Lipinski definition) is 4. The normalized spacial score (nSPS) is 21.5. The first kappa shape index (κ1) is 12.8. The molecular weight excluding hydrogens is 236 g/mol. The molecule has 7 nitrogen and oxygen atoms in total. The Morgan fingerprint density at radius 1 is 1.62 bits per heavy atom. The van der Waals surface area contributed by atoms with Gasteiger partial charge < -0.3 is 30.3 Å². The van der Waals surface area contributed by atoms with E-state index in [0.29, 0.717) is 0 Å². The van der Waals surface area contributed by atoms with Crippen molar-refractivity contribution in [1.82, 2.24) is 10.6 Å². The highest BCUT2D eigenvalue weighted by Gasteiger charge is 2.23. The second kappa shape index (κ2) is 6.38. The second-order valence-corrected chi connectivity index (χ2v) is 3.26. The molecule has 2 atom stereocenters. The number of rotatable bonds is 6. The van der Waals surface area contributed by atoms with Crippen molar-refractivity contribution in [3.05, 3.63) is 11.8 Å². The largest absolute Gasteiger partial charge is 0.465 e. The zero-order valence-electron chi connectivity index (χ0n) is 8.25. The van der Waals surface area contributed by atoms with E-state index < -0.39 is 12.5 Å². The molecule has 4 N–H and O–H groups in total. The van der Waals surface area contributed by atoms with E-state index in [-0.39, 0.29) is 30.4 Å². The SMILES string of the molecule is O=COCCOC(O)C1=CNC(=S)NC1O. The summed E-state index contributed by atoms with van der Waals surface area (Å²) in [6.07, 6.45) is -1.04. The van der Waals surface area contributed by atoms with Crippen LogP contribution in [-0.2, 0) is 14.3 Å². The highest BCUT2D eigenvalue weighted by atomic mass is 32.1. The van der Waals surface area contributed by atoms with E-state index >= 15 is 0 Å². The van der Waals surface area contributed by atoms with Crippen LogP contribution in [-0.4, -0.2) is 47.5 Å². The molecule has 0 spiro atoms. The van der Waals surface area contributed by atoms with Crippen molar-refractivity contribution >= 4 is 23.8 Å². The van der Waals surface area contributed by atoms with Crippen LogP contribution in [0.15, 0.2) is 11.8 Å². The minimum absolute atomic E-state index is 0.0222. The molecule has 2 unspecified atom stereocenters. The molecule has 0 saturated heterocycles. The van der Waals surface area contributed by atoms with Gasteiger partial charge >= 0.3 is 0 Å². The van der Waals surface area contributed by atoms with Gasteiger partial charge in [-0.1, -0.05) is 0 Å². The molecule has 0 saturated carbocycles. The lowest BCUT2D eigenvalue weighted by Gasteiger charge is -2.26. The van der Waals surface area contributed by atoms with Crippen LogP contribution in [0, 0.1) is 0 Å². The number of carbonyl (C=O) groups excluding carboxylic acids is 1. The van der Waals surface area contributed by atoms with Gasteiger partial charge in [0.15, 0.2) is 17.6 Å². The van der Waals surface area contributed by atoms with E-state index in [1.807, 2.05) is 0 Å². The fraction of sp³-hybridized carbons (Fsp3) is 0.500. The Labute approximate surface area is 97.0 Å². The first-order valence-corrected chi connectivity index (χ1v) is 4.86. The van der Waals surface area contributed by atoms with Crippen LogP contribution in [0.4, 0.5) is 0 Å². The highest BCUT2D eigenvalue weighted by Crippen LogP contribution is 2.09. The highest BCUT2D eigenvalue weighted by molar-refractivity contribution is 7.80. The quantitative estimate of drug-likeness (QED) is 0.189. The smallest absolute Gasteiger partial charge is 0.293 e. The summed E-state index contributed by atoms with van der Waals surface area (Å²) < 4.78 is 9.27. The molecule has 0 aromatic rings. The molecular formula is C8H12N2O5S. The van der Waals surface area contributed by atoms with E-state index in [4.69, 9.17) is 17.0 Å². The van der Waals surface area contributed by atoms with Crippen LogP contribution >= 0.6 is 12.2 Å². The third kappa shape index (κ3) is 3.74. The lowest BCUT2D eigenvalue weighted by Crippen LogP contribution is -2.48. The Hall–Kier alpha value is -1.22. The maximum atomic E-state index is 9.81. The van der Waals surface area contributed by atoms with Crippen molar-refractivity contribution in [2.75, 3.05) is 13.2 Å². The third-order valence-electron chi connectivity index (χ3n) is 1.78. The van der Waals surface area contributed by atoms with E-state index in [1.54, 1.807) is 0 Å². The van der Waals surface area contributed by atoms with Crippen LogP contribution in [0.25, 0.3) is 0 Å². The molecule has 0 fully saturated rings. The van der Waals surface area contributed by atoms with Gasteiger partial charge in [0.05, 0.1) is 6.61 Å². The van der Waals surface area contributed by atoms with Crippen LogP contribution < -0.4 is 10.6 Å².